The summed E-state index contributed by atoms with van der Waals surface area (Å²) in [4.78, 5) is 21.1. The number of hydrogen-bond acceptors (Lipinski definition) is 2. The van der Waals surface area contributed by atoms with Gasteiger partial charge in [0.05, 0.1) is 0 Å². The molecular formula is C5H8NaO3. The molecule has 0 spiro atoms. The van der Waals surface area contributed by atoms with Crippen molar-refractivity contribution in [3.63, 3.8) is 0 Å². The molecule has 47 valence electrons. The first-order chi connectivity index (χ1) is 6.05. The van der Waals surface area contributed by atoms with Gasteiger partial charge in [0.2, 0.25) is 5.78 Å². The predicted molar refractivity (Wildman–Crippen MR) is 33.2 cm³/mol. The van der Waals surface area contributed by atoms with E-state index in [2.05, 4.69) is 0 Å². The molecule has 0 saturated heterocycles. The fourth-order valence-corrected chi connectivity index (χ4v) is 0.115. The standard InChI is InChI=1S/C5H8O3.Na/c1-3(2)4(6)5(7)8;/h3H,1-2H3,(H,7,8);/i1D3,2+1D2,3D;. The van der Waals surface area contributed by atoms with E-state index in [9.17, 15) is 9.59 Å². The van der Waals surface area contributed by atoms with Gasteiger partial charge in [-0.25, -0.2) is 4.79 Å². The van der Waals surface area contributed by atoms with Gasteiger partial charge in [0.15, 0.2) is 0 Å². The first-order valence-corrected chi connectivity index (χ1v) is 1.67. The van der Waals surface area contributed by atoms with Crippen molar-refractivity contribution in [1.29, 1.82) is 0 Å². The zero-order valence-corrected chi connectivity index (χ0v) is 6.84. The van der Waals surface area contributed by atoms with Crippen LogP contribution in [0, 0.1) is 5.89 Å². The Kier molecular flexibility index (Phi) is 1.94. The van der Waals surface area contributed by atoms with Crippen molar-refractivity contribution in [2.24, 2.45) is 5.89 Å². The topological polar surface area (TPSA) is 54.4 Å². The summed E-state index contributed by atoms with van der Waals surface area (Å²) in [5.74, 6) is -7.33. The average Bonchev–Trinajstić information content (AvgIpc) is 1.98. The minimum absolute atomic E-state index is 0. The van der Waals surface area contributed by atoms with Gasteiger partial charge in [-0.1, -0.05) is 13.7 Å². The number of aliphatic carboxylic acids is 1. The monoisotopic (exact) mass is 146 g/mol. The summed E-state index contributed by atoms with van der Waals surface area (Å²) >= 11 is 0. The van der Waals surface area contributed by atoms with E-state index in [1.54, 1.807) is 0 Å². The fraction of sp³-hybridized carbons (Fsp3) is 0.600. The fourth-order valence-electron chi connectivity index (χ4n) is 0.115. The SMILES string of the molecule is [2H][13CH]([2H])C([2H])(C(=O)C(=O)O)C([2H])([2H])[2H].[Na]. The van der Waals surface area contributed by atoms with Gasteiger partial charge in [0.25, 0.3) is 0 Å². The molecule has 0 saturated carbocycles. The van der Waals surface area contributed by atoms with Gasteiger partial charge < -0.3 is 5.11 Å². The normalized spacial score (nSPS) is 26.3. The Morgan fingerprint density at radius 3 is 2.44 bits per heavy atom. The number of ketones is 1. The molecule has 0 aliphatic rings. The maximum absolute atomic E-state index is 10.9. The molecule has 0 amide bonds. The molecule has 3 nitrogen and oxygen atoms in total. The number of hydrogen-bond donors (Lipinski definition) is 1. The Hall–Kier alpha value is 0.140. The van der Waals surface area contributed by atoms with Crippen LogP contribution < -0.4 is 0 Å². The van der Waals surface area contributed by atoms with Crippen LogP contribution in [0.1, 0.15) is 22.0 Å². The van der Waals surface area contributed by atoms with Crippen LogP contribution in [0.15, 0.2) is 0 Å². The Bertz CT molecular complexity index is 264. The van der Waals surface area contributed by atoms with E-state index in [1.165, 1.54) is 0 Å². The average molecular weight is 146 g/mol. The summed E-state index contributed by atoms with van der Waals surface area (Å²) in [6.07, 6.45) is 0. The molecule has 0 bridgehead atoms. The van der Waals surface area contributed by atoms with E-state index in [0.717, 1.165) is 0 Å². The predicted octanol–water partition coefficient (Wildman–Crippen LogP) is -0.0847. The van der Waals surface area contributed by atoms with Crippen LogP contribution in [0.5, 0.6) is 0 Å². The third-order valence-corrected chi connectivity index (χ3v) is 0.439. The molecule has 1 unspecified atom stereocenters. The van der Waals surface area contributed by atoms with Gasteiger partial charge in [-0.05, 0) is 0 Å². The minimum Gasteiger partial charge on any atom is -0.475 e. The Labute approximate surface area is 84.2 Å². The molecule has 1 radical (unpaired) electrons. The molecule has 0 aromatic rings. The van der Waals surface area contributed by atoms with Crippen LogP contribution in [0.4, 0.5) is 0 Å². The van der Waals surface area contributed by atoms with Crippen LogP contribution in [-0.2, 0) is 9.59 Å². The van der Waals surface area contributed by atoms with Crippen molar-refractivity contribution in [2.45, 2.75) is 13.7 Å². The second kappa shape index (κ2) is 4.97. The molecular weight excluding hydrogens is 132 g/mol. The number of rotatable bonds is 2. The Morgan fingerprint density at radius 1 is 1.78 bits per heavy atom. The maximum Gasteiger partial charge on any atom is 0.372 e. The van der Waals surface area contributed by atoms with E-state index in [4.69, 9.17) is 13.3 Å². The van der Waals surface area contributed by atoms with Gasteiger partial charge in [0.1, 0.15) is 0 Å². The summed E-state index contributed by atoms with van der Waals surface area (Å²) in [6, 6.07) is 0. The van der Waals surface area contributed by atoms with E-state index in [1.807, 2.05) is 0 Å². The molecule has 0 rings (SSSR count). The number of carboxylic acids is 1. The summed E-state index contributed by atoms with van der Waals surface area (Å²) in [6.45, 7) is -5.70. The molecule has 9 heavy (non-hydrogen) atoms. The molecule has 0 aliphatic carbocycles. The summed E-state index contributed by atoms with van der Waals surface area (Å²) in [5.41, 5.74) is 0. The van der Waals surface area contributed by atoms with Gasteiger partial charge in [0, 0.05) is 43.7 Å². The zero-order valence-electron chi connectivity index (χ0n) is 10.8. The second-order valence-electron chi connectivity index (χ2n) is 1.05. The van der Waals surface area contributed by atoms with E-state index < -0.39 is 31.4 Å². The summed E-state index contributed by atoms with van der Waals surface area (Å²) in [5, 5.41) is 8.24. The molecule has 4 heteroatoms. The van der Waals surface area contributed by atoms with E-state index in [-0.39, 0.29) is 29.6 Å². The summed E-state index contributed by atoms with van der Waals surface area (Å²) in [7, 11) is 0. The zero-order chi connectivity index (χ0) is 11.7. The molecule has 0 aromatic heterocycles. The number of carboxylic acid groups (broad SMARTS) is 1. The van der Waals surface area contributed by atoms with E-state index >= 15 is 0 Å². The molecule has 0 fully saturated rings. The van der Waals surface area contributed by atoms with Gasteiger partial charge in [-0.15, -0.1) is 0 Å². The van der Waals surface area contributed by atoms with Crippen LogP contribution in [0.2, 0.25) is 0 Å². The van der Waals surface area contributed by atoms with Crippen molar-refractivity contribution < 1.29 is 22.9 Å². The maximum atomic E-state index is 10.9. The molecule has 0 aliphatic heterocycles. The van der Waals surface area contributed by atoms with Crippen molar-refractivity contribution in [3.8, 4) is 0 Å². The smallest absolute Gasteiger partial charge is 0.372 e. The van der Waals surface area contributed by atoms with Crippen LogP contribution >= 0.6 is 0 Å². The molecule has 0 heterocycles. The molecule has 1 atom stereocenters. The van der Waals surface area contributed by atoms with E-state index in [0.29, 0.717) is 0 Å². The van der Waals surface area contributed by atoms with Gasteiger partial charge in [-0.3, -0.25) is 4.79 Å². The number of carbonyl (C=O) groups excluding carboxylic acids is 1. The van der Waals surface area contributed by atoms with Crippen molar-refractivity contribution >= 4 is 41.3 Å². The quantitative estimate of drug-likeness (QED) is 0.336. The second-order valence-corrected chi connectivity index (χ2v) is 1.05. The Morgan fingerprint density at radius 2 is 2.33 bits per heavy atom. The summed E-state index contributed by atoms with van der Waals surface area (Å²) < 4.78 is 40.9. The molecule has 0 aromatic carbocycles. The van der Waals surface area contributed by atoms with Gasteiger partial charge >= 0.3 is 5.97 Å². The third kappa shape index (κ3) is 4.63. The van der Waals surface area contributed by atoms with Crippen molar-refractivity contribution in [3.05, 3.63) is 0 Å². The van der Waals surface area contributed by atoms with Gasteiger partial charge in [-0.2, -0.15) is 0 Å². The van der Waals surface area contributed by atoms with Crippen LogP contribution in [-0.4, -0.2) is 46.4 Å². The molecule has 1 N–H and O–H groups in total. The first-order valence-electron chi connectivity index (χ1n) is 4.83. The minimum atomic E-state index is -3.31. The number of carbonyl (C=O) groups is 2. The first kappa shape index (κ1) is 3.51. The van der Waals surface area contributed by atoms with Crippen LogP contribution in [0.3, 0.4) is 0 Å². The Balaban J connectivity index is 0. The van der Waals surface area contributed by atoms with Crippen molar-refractivity contribution in [2.75, 3.05) is 0 Å². The third-order valence-electron chi connectivity index (χ3n) is 0.439. The largest absolute Gasteiger partial charge is 0.475 e. The van der Waals surface area contributed by atoms with Crippen molar-refractivity contribution in [1.82, 2.24) is 0 Å². The number of Topliss-reactive ketones (excluding diaryl/α,β-unsaturated/α-hetero) is 1. The van der Waals surface area contributed by atoms with Crippen LogP contribution in [0.25, 0.3) is 0 Å².